The van der Waals surface area contributed by atoms with Crippen LogP contribution in [0.1, 0.15) is 20.9 Å². The lowest BCUT2D eigenvalue weighted by Crippen LogP contribution is -2.44. The zero-order chi connectivity index (χ0) is 21.5. The molecular formula is C15H6F3N5O5S. The van der Waals surface area contributed by atoms with E-state index in [0.717, 1.165) is 18.2 Å². The number of hydrogen-bond acceptors (Lipinski definition) is 7. The summed E-state index contributed by atoms with van der Waals surface area (Å²) in [6, 6.07) is 5.22. The fourth-order valence-electron chi connectivity index (χ4n) is 2.39. The summed E-state index contributed by atoms with van der Waals surface area (Å²) in [5.41, 5.74) is -3.34. The molecule has 1 amide bonds. The van der Waals surface area contributed by atoms with Crippen LogP contribution in [0.2, 0.25) is 0 Å². The molecule has 0 saturated heterocycles. The molecule has 0 aliphatic carbocycles. The molecule has 0 fully saturated rings. The van der Waals surface area contributed by atoms with Crippen molar-refractivity contribution in [3.05, 3.63) is 67.0 Å². The average molecular weight is 425 g/mol. The van der Waals surface area contributed by atoms with Crippen molar-refractivity contribution >= 4 is 39.1 Å². The highest BCUT2D eigenvalue weighted by Crippen LogP contribution is 2.30. The maximum absolute atomic E-state index is 12.9. The van der Waals surface area contributed by atoms with Gasteiger partial charge in [-0.05, 0) is 12.1 Å². The van der Waals surface area contributed by atoms with Crippen LogP contribution in [0.5, 0.6) is 0 Å². The Bertz CT molecular complexity index is 1220. The molecule has 0 spiro atoms. The molecule has 10 nitrogen and oxygen atoms in total. The van der Waals surface area contributed by atoms with Crippen molar-refractivity contribution in [2.75, 3.05) is 5.32 Å². The van der Waals surface area contributed by atoms with Crippen LogP contribution in [0.15, 0.2) is 30.3 Å². The van der Waals surface area contributed by atoms with Gasteiger partial charge in [-0.1, -0.05) is 11.3 Å². The summed E-state index contributed by atoms with van der Waals surface area (Å²) >= 11 is 0.462. The molecule has 3 aromatic rings. The number of halogens is 3. The predicted molar refractivity (Wildman–Crippen MR) is 90.5 cm³/mol. The third kappa shape index (κ3) is 3.46. The number of alkyl halides is 3. The molecule has 0 aliphatic rings. The summed E-state index contributed by atoms with van der Waals surface area (Å²) in [5, 5.41) is 46.4. The zero-order valence-corrected chi connectivity index (χ0v) is 14.6. The van der Waals surface area contributed by atoms with Crippen LogP contribution in [0, 0.1) is 31.9 Å². The number of benzene rings is 1. The second-order valence-electron chi connectivity index (χ2n) is 5.45. The van der Waals surface area contributed by atoms with Crippen molar-refractivity contribution in [1.82, 2.24) is 0 Å². The van der Waals surface area contributed by atoms with Crippen LogP contribution in [-0.4, -0.2) is 10.8 Å². The summed E-state index contributed by atoms with van der Waals surface area (Å²) in [6.45, 7) is 0. The van der Waals surface area contributed by atoms with Gasteiger partial charge in [-0.25, -0.2) is 9.52 Å². The molecule has 2 aromatic heterocycles. The van der Waals surface area contributed by atoms with Crippen LogP contribution in [-0.2, 0) is 6.18 Å². The first-order chi connectivity index (χ1) is 13.5. The lowest BCUT2D eigenvalue weighted by Gasteiger charge is -2.14. The van der Waals surface area contributed by atoms with Crippen molar-refractivity contribution in [1.29, 1.82) is 5.26 Å². The van der Waals surface area contributed by atoms with Gasteiger partial charge >= 0.3 is 28.6 Å². The maximum Gasteiger partial charge on any atom is 0.416 e. The summed E-state index contributed by atoms with van der Waals surface area (Å²) in [4.78, 5) is 22.0. The number of nitrogens with zero attached hydrogens (tertiary/aromatic N) is 4. The first-order valence-electron chi connectivity index (χ1n) is 7.40. The number of nitriles is 1. The Kier molecular flexibility index (Phi) is 4.68. The van der Waals surface area contributed by atoms with Crippen molar-refractivity contribution < 1.29 is 32.3 Å². The number of carbonyl (C=O) groups excluding carboxylic acids is 1. The smallest absolute Gasteiger partial charge is 0.416 e. The number of nitro groups is 1. The molecular weight excluding hydrogens is 419 g/mol. The van der Waals surface area contributed by atoms with Crippen molar-refractivity contribution in [2.24, 2.45) is 0 Å². The highest BCUT2D eigenvalue weighted by molar-refractivity contribution is 7.17. The molecule has 29 heavy (non-hydrogen) atoms. The molecule has 2 heterocycles. The zero-order valence-electron chi connectivity index (χ0n) is 13.8. The molecule has 3 rings (SSSR count). The Labute approximate surface area is 162 Å². The Balaban J connectivity index is 2.15. The lowest BCUT2D eigenvalue weighted by molar-refractivity contribution is -0.620. The number of hydrogen-bond donors (Lipinski definition) is 1. The maximum atomic E-state index is 12.9. The predicted octanol–water partition coefficient (Wildman–Crippen LogP) is 2.22. The van der Waals surface area contributed by atoms with E-state index in [1.165, 1.54) is 6.07 Å². The summed E-state index contributed by atoms with van der Waals surface area (Å²) in [5.74, 6) is -1.97. The minimum Gasteiger partial charge on any atom is -0.710 e. The van der Waals surface area contributed by atoms with Crippen molar-refractivity contribution in [3.8, 4) is 6.07 Å². The van der Waals surface area contributed by atoms with E-state index in [2.05, 4.69) is 0 Å². The second-order valence-corrected chi connectivity index (χ2v) is 6.51. The van der Waals surface area contributed by atoms with Gasteiger partial charge in [0.2, 0.25) is 5.52 Å². The van der Waals surface area contributed by atoms with E-state index in [1.54, 1.807) is 0 Å². The van der Waals surface area contributed by atoms with Gasteiger partial charge < -0.3 is 10.4 Å². The summed E-state index contributed by atoms with van der Waals surface area (Å²) < 4.78 is 38.5. The van der Waals surface area contributed by atoms with Crippen LogP contribution < -0.4 is 14.8 Å². The molecule has 0 radical (unpaired) electrons. The van der Waals surface area contributed by atoms with Gasteiger partial charge in [-0.3, -0.25) is 10.1 Å². The molecule has 0 unspecified atom stereocenters. The summed E-state index contributed by atoms with van der Waals surface area (Å²) in [6.07, 6.45) is -4.80. The molecule has 1 aromatic carbocycles. The fourth-order valence-corrected chi connectivity index (χ4v) is 3.11. The number of rotatable bonds is 3. The standard InChI is InChI=1S/C15H6F3N5O5S/c16-15(17,18)7-1-2-8-9(5-7)22(26)13(10(6-19)21(8)25)20-14(24)11-3-4-12(29-11)23(27)28/h1-5H,(H,20,24). The first kappa shape index (κ1) is 19.8. The number of aromatic nitrogens is 2. The fraction of sp³-hybridized carbons (Fsp3) is 0.0667. The topological polar surface area (TPSA) is 150 Å². The van der Waals surface area contributed by atoms with Crippen LogP contribution in [0.25, 0.3) is 11.0 Å². The number of amides is 1. The first-order valence-corrected chi connectivity index (χ1v) is 8.22. The monoisotopic (exact) mass is 425 g/mol. The van der Waals surface area contributed by atoms with E-state index >= 15 is 0 Å². The number of nitrogens with one attached hydrogen (secondary N) is 1. The average Bonchev–Trinajstić information content (AvgIpc) is 3.15. The molecule has 0 saturated carbocycles. The minimum atomic E-state index is -4.80. The number of thiophene rings is 1. The van der Waals surface area contributed by atoms with E-state index in [1.807, 2.05) is 5.32 Å². The van der Waals surface area contributed by atoms with Crippen LogP contribution in [0.4, 0.5) is 24.0 Å². The van der Waals surface area contributed by atoms with Gasteiger partial charge in [0.1, 0.15) is 4.88 Å². The number of anilines is 1. The van der Waals surface area contributed by atoms with Crippen molar-refractivity contribution in [2.45, 2.75) is 6.18 Å². The molecule has 0 aliphatic heterocycles. The normalized spacial score (nSPS) is 11.2. The highest BCUT2D eigenvalue weighted by atomic mass is 32.1. The third-order valence-electron chi connectivity index (χ3n) is 3.70. The Morgan fingerprint density at radius 3 is 2.41 bits per heavy atom. The van der Waals surface area contributed by atoms with Gasteiger partial charge in [0.05, 0.1) is 10.5 Å². The van der Waals surface area contributed by atoms with E-state index in [0.29, 0.717) is 23.5 Å². The quantitative estimate of drug-likeness (QED) is 0.294. The Morgan fingerprint density at radius 1 is 1.17 bits per heavy atom. The van der Waals surface area contributed by atoms with Gasteiger partial charge in [-0.15, -0.1) is 4.73 Å². The van der Waals surface area contributed by atoms with Gasteiger partial charge in [0, 0.05) is 18.2 Å². The van der Waals surface area contributed by atoms with E-state index < -0.39 is 45.1 Å². The highest BCUT2D eigenvalue weighted by Gasteiger charge is 2.35. The van der Waals surface area contributed by atoms with E-state index in [4.69, 9.17) is 0 Å². The minimum absolute atomic E-state index is 0.0869. The summed E-state index contributed by atoms with van der Waals surface area (Å²) in [7, 11) is 0. The van der Waals surface area contributed by atoms with Crippen LogP contribution >= 0.6 is 11.3 Å². The van der Waals surface area contributed by atoms with Gasteiger partial charge in [0.25, 0.3) is 5.52 Å². The number of fused-ring (bicyclic) bond motifs is 1. The van der Waals surface area contributed by atoms with E-state index in [-0.39, 0.29) is 19.3 Å². The molecule has 14 heteroatoms. The third-order valence-corrected chi connectivity index (χ3v) is 4.74. The molecule has 148 valence electrons. The number of carbonyl (C=O) groups is 1. The molecule has 1 N–H and O–H groups in total. The van der Waals surface area contributed by atoms with E-state index in [9.17, 15) is 43.8 Å². The Morgan fingerprint density at radius 2 is 1.86 bits per heavy atom. The SMILES string of the molecule is N#Cc1c(NC(=O)c2ccc([N+](=O)[O-])s2)[n+]([O-])c2cc(C(F)(F)F)ccc2[n+]1[O-]. The van der Waals surface area contributed by atoms with Crippen molar-refractivity contribution in [3.63, 3.8) is 0 Å². The second kappa shape index (κ2) is 6.87. The van der Waals surface area contributed by atoms with Crippen LogP contribution in [0.3, 0.4) is 0 Å². The van der Waals surface area contributed by atoms with Gasteiger partial charge in [0.15, 0.2) is 6.07 Å². The Hall–Kier alpha value is -3.99. The van der Waals surface area contributed by atoms with Gasteiger partial charge in [-0.2, -0.15) is 23.7 Å². The lowest BCUT2D eigenvalue weighted by atomic mass is 10.2. The molecule has 0 atom stereocenters. The largest absolute Gasteiger partial charge is 0.710 e. The molecule has 0 bridgehead atoms.